The normalized spacial score (nSPS) is 10.8. The second-order valence-electron chi connectivity index (χ2n) is 4.39. The molecule has 0 unspecified atom stereocenters. The second-order valence-corrected chi connectivity index (χ2v) is 4.39. The smallest absolute Gasteiger partial charge is 0.253 e. The van der Waals surface area contributed by atoms with Crippen molar-refractivity contribution in [1.29, 1.82) is 0 Å². The molecule has 0 fully saturated rings. The summed E-state index contributed by atoms with van der Waals surface area (Å²) in [6, 6.07) is 3.79. The molecule has 0 saturated heterocycles. The van der Waals surface area contributed by atoms with Gasteiger partial charge in [-0.3, -0.25) is 4.98 Å². The van der Waals surface area contributed by atoms with Crippen LogP contribution in [0.15, 0.2) is 22.7 Å². The van der Waals surface area contributed by atoms with Gasteiger partial charge in [0, 0.05) is 26.6 Å². The van der Waals surface area contributed by atoms with E-state index < -0.39 is 0 Å². The molecule has 0 aliphatic carbocycles. The van der Waals surface area contributed by atoms with E-state index in [0.29, 0.717) is 30.7 Å². The van der Waals surface area contributed by atoms with Crippen LogP contribution in [0.1, 0.15) is 24.4 Å². The van der Waals surface area contributed by atoms with Crippen molar-refractivity contribution >= 4 is 0 Å². The minimum Gasteiger partial charge on any atom is -0.482 e. The summed E-state index contributed by atoms with van der Waals surface area (Å²) in [7, 11) is 1.68. The number of hydrogen-bond acceptors (Lipinski definition) is 7. The maximum atomic E-state index is 5.55. The fourth-order valence-electron chi connectivity index (χ4n) is 1.63. The third-order valence-electron chi connectivity index (χ3n) is 2.76. The Kier molecular flexibility index (Phi) is 6.11. The van der Waals surface area contributed by atoms with E-state index in [1.807, 2.05) is 19.1 Å². The van der Waals surface area contributed by atoms with Gasteiger partial charge in [0.2, 0.25) is 5.89 Å². The molecule has 0 aromatic carbocycles. The molecule has 21 heavy (non-hydrogen) atoms. The maximum absolute atomic E-state index is 5.55. The Labute approximate surface area is 123 Å². The van der Waals surface area contributed by atoms with Crippen molar-refractivity contribution in [3.8, 4) is 5.75 Å². The highest BCUT2D eigenvalue weighted by Crippen LogP contribution is 2.11. The Bertz CT molecular complexity index is 527. The summed E-state index contributed by atoms with van der Waals surface area (Å²) in [4.78, 5) is 4.32. The van der Waals surface area contributed by atoms with E-state index in [-0.39, 0.29) is 6.61 Å². The average molecular weight is 292 g/mol. The number of aryl methyl sites for hydroxylation is 1. The highest BCUT2D eigenvalue weighted by Gasteiger charge is 2.05. The van der Waals surface area contributed by atoms with E-state index in [1.165, 1.54) is 0 Å². The molecular weight excluding hydrogens is 272 g/mol. The lowest BCUT2D eigenvalue weighted by Crippen LogP contribution is -2.19. The number of rotatable bonds is 9. The SMILES string of the molecule is CCc1nnc(COc2ccc(CNCCOC)nc2)o1. The molecule has 2 aromatic rings. The molecule has 7 nitrogen and oxygen atoms in total. The third-order valence-corrected chi connectivity index (χ3v) is 2.76. The van der Waals surface area contributed by atoms with Gasteiger partial charge in [-0.15, -0.1) is 10.2 Å². The molecular formula is C14H20N4O3. The number of pyridine rings is 1. The number of ether oxygens (including phenoxy) is 2. The van der Waals surface area contributed by atoms with E-state index in [9.17, 15) is 0 Å². The molecule has 2 rings (SSSR count). The predicted octanol–water partition coefficient (Wildman–Crippen LogP) is 1.34. The van der Waals surface area contributed by atoms with Gasteiger partial charge in [-0.1, -0.05) is 6.92 Å². The van der Waals surface area contributed by atoms with Crippen molar-refractivity contribution in [2.24, 2.45) is 0 Å². The predicted molar refractivity (Wildman–Crippen MR) is 75.8 cm³/mol. The maximum Gasteiger partial charge on any atom is 0.253 e. The Hall–Kier alpha value is -1.99. The van der Waals surface area contributed by atoms with Crippen LogP contribution in [0.25, 0.3) is 0 Å². The van der Waals surface area contributed by atoms with Gasteiger partial charge in [-0.05, 0) is 12.1 Å². The molecule has 1 N–H and O–H groups in total. The van der Waals surface area contributed by atoms with Crippen molar-refractivity contribution in [2.45, 2.75) is 26.5 Å². The van der Waals surface area contributed by atoms with Gasteiger partial charge in [-0.25, -0.2) is 0 Å². The summed E-state index contributed by atoms with van der Waals surface area (Å²) in [6.45, 7) is 4.40. The first-order chi connectivity index (χ1) is 10.3. The van der Waals surface area contributed by atoms with Crippen molar-refractivity contribution in [3.05, 3.63) is 35.8 Å². The Morgan fingerprint density at radius 3 is 2.76 bits per heavy atom. The number of aromatic nitrogens is 3. The minimum absolute atomic E-state index is 0.250. The van der Waals surface area contributed by atoms with Crippen LogP contribution in [-0.4, -0.2) is 35.4 Å². The zero-order valence-electron chi connectivity index (χ0n) is 12.3. The first-order valence-corrected chi connectivity index (χ1v) is 6.90. The summed E-state index contributed by atoms with van der Waals surface area (Å²) in [5, 5.41) is 11.0. The van der Waals surface area contributed by atoms with Crippen LogP contribution < -0.4 is 10.1 Å². The van der Waals surface area contributed by atoms with Crippen LogP contribution in [0.2, 0.25) is 0 Å². The number of nitrogens with one attached hydrogen (secondary N) is 1. The fourth-order valence-corrected chi connectivity index (χ4v) is 1.63. The average Bonchev–Trinajstić information content (AvgIpc) is 2.99. The van der Waals surface area contributed by atoms with Gasteiger partial charge in [0.1, 0.15) is 5.75 Å². The summed E-state index contributed by atoms with van der Waals surface area (Å²) in [5.41, 5.74) is 0.949. The molecule has 2 aromatic heterocycles. The molecule has 0 amide bonds. The molecule has 0 saturated carbocycles. The van der Waals surface area contributed by atoms with Crippen LogP contribution in [0.5, 0.6) is 5.75 Å². The van der Waals surface area contributed by atoms with Gasteiger partial charge in [0.15, 0.2) is 6.61 Å². The number of nitrogens with zero attached hydrogens (tertiary/aromatic N) is 3. The van der Waals surface area contributed by atoms with E-state index in [4.69, 9.17) is 13.9 Å². The van der Waals surface area contributed by atoms with Crippen molar-refractivity contribution in [3.63, 3.8) is 0 Å². The van der Waals surface area contributed by atoms with Crippen LogP contribution in [0.4, 0.5) is 0 Å². The fraction of sp³-hybridized carbons (Fsp3) is 0.500. The lowest BCUT2D eigenvalue weighted by atomic mass is 10.3. The first kappa shape index (κ1) is 15.4. The van der Waals surface area contributed by atoms with Gasteiger partial charge >= 0.3 is 0 Å². The molecule has 0 aliphatic rings. The Morgan fingerprint density at radius 1 is 1.24 bits per heavy atom. The molecule has 0 spiro atoms. The summed E-state index contributed by atoms with van der Waals surface area (Å²) in [5.74, 6) is 1.76. The van der Waals surface area contributed by atoms with E-state index in [1.54, 1.807) is 13.3 Å². The standard InChI is InChI=1S/C14H20N4O3/c1-3-13-17-18-14(21-13)10-20-12-5-4-11(16-9-12)8-15-6-7-19-2/h4-5,9,15H,3,6-8,10H2,1-2H3. The van der Waals surface area contributed by atoms with Crippen LogP contribution >= 0.6 is 0 Å². The van der Waals surface area contributed by atoms with Gasteiger partial charge in [-0.2, -0.15) is 0 Å². The zero-order valence-corrected chi connectivity index (χ0v) is 12.3. The first-order valence-electron chi connectivity index (χ1n) is 6.90. The quantitative estimate of drug-likeness (QED) is 0.698. The summed E-state index contributed by atoms with van der Waals surface area (Å²) < 4.78 is 15.9. The lowest BCUT2D eigenvalue weighted by Gasteiger charge is -2.05. The van der Waals surface area contributed by atoms with Crippen LogP contribution in [-0.2, 0) is 24.3 Å². The largest absolute Gasteiger partial charge is 0.482 e. The molecule has 7 heteroatoms. The zero-order chi connectivity index (χ0) is 14.9. The highest BCUT2D eigenvalue weighted by molar-refractivity contribution is 5.19. The Balaban J connectivity index is 1.76. The molecule has 0 radical (unpaired) electrons. The summed E-state index contributed by atoms with van der Waals surface area (Å²) in [6.07, 6.45) is 2.41. The lowest BCUT2D eigenvalue weighted by molar-refractivity contribution is 0.199. The second kappa shape index (κ2) is 8.33. The topological polar surface area (TPSA) is 82.3 Å². The minimum atomic E-state index is 0.250. The van der Waals surface area contributed by atoms with E-state index in [0.717, 1.165) is 18.7 Å². The van der Waals surface area contributed by atoms with Crippen LogP contribution in [0.3, 0.4) is 0 Å². The van der Waals surface area contributed by atoms with Gasteiger partial charge < -0.3 is 19.2 Å². The van der Waals surface area contributed by atoms with Gasteiger partial charge in [0.05, 0.1) is 18.5 Å². The monoisotopic (exact) mass is 292 g/mol. The molecule has 0 atom stereocenters. The number of methoxy groups -OCH3 is 1. The highest BCUT2D eigenvalue weighted by atomic mass is 16.5. The summed E-state index contributed by atoms with van der Waals surface area (Å²) >= 11 is 0. The molecule has 0 bridgehead atoms. The van der Waals surface area contributed by atoms with Crippen LogP contribution in [0, 0.1) is 0 Å². The number of hydrogen-bond donors (Lipinski definition) is 1. The van der Waals surface area contributed by atoms with E-state index >= 15 is 0 Å². The van der Waals surface area contributed by atoms with Crippen molar-refractivity contribution in [2.75, 3.05) is 20.3 Å². The molecule has 2 heterocycles. The van der Waals surface area contributed by atoms with Crippen molar-refractivity contribution in [1.82, 2.24) is 20.5 Å². The third kappa shape index (κ3) is 5.13. The Morgan fingerprint density at radius 2 is 2.10 bits per heavy atom. The van der Waals surface area contributed by atoms with Crippen molar-refractivity contribution < 1.29 is 13.9 Å². The van der Waals surface area contributed by atoms with Gasteiger partial charge in [0.25, 0.3) is 5.89 Å². The molecule has 0 aliphatic heterocycles. The van der Waals surface area contributed by atoms with E-state index in [2.05, 4.69) is 20.5 Å². The molecule has 114 valence electrons.